The van der Waals surface area contributed by atoms with Crippen molar-refractivity contribution < 1.29 is 9.53 Å². The first-order chi connectivity index (χ1) is 14.7. The third-order valence-electron chi connectivity index (χ3n) is 4.27. The highest BCUT2D eigenvalue weighted by Gasteiger charge is 2.08. The summed E-state index contributed by atoms with van der Waals surface area (Å²) in [7, 11) is 0. The molecule has 0 aliphatic rings. The van der Waals surface area contributed by atoms with Crippen molar-refractivity contribution in [2.75, 3.05) is 0 Å². The quantitative estimate of drug-likeness (QED) is 0.176. The molecule has 0 aliphatic carbocycles. The molecule has 3 aromatic carbocycles. The van der Waals surface area contributed by atoms with Crippen molar-refractivity contribution in [3.63, 3.8) is 0 Å². The third-order valence-corrected chi connectivity index (χ3v) is 5.34. The van der Waals surface area contributed by atoms with Gasteiger partial charge in [0, 0.05) is 6.08 Å². The Morgan fingerprint density at radius 2 is 1.67 bits per heavy atom. The Labute approximate surface area is 178 Å². The minimum atomic E-state index is -0.450. The fraction of sp³-hybridized carbons (Fsp3) is 0. The summed E-state index contributed by atoms with van der Waals surface area (Å²) in [5.74, 6) is -0.0114. The predicted octanol–water partition coefficient (Wildman–Crippen LogP) is 5.98. The second-order valence-corrected chi connectivity index (χ2v) is 7.42. The van der Waals surface area contributed by atoms with E-state index in [9.17, 15) is 10.1 Å². The largest absolute Gasteiger partial charge is 0.423 e. The fourth-order valence-corrected chi connectivity index (χ4v) is 3.74. The average Bonchev–Trinajstić information content (AvgIpc) is 3.22. The second kappa shape index (κ2) is 8.99. The normalized spacial score (nSPS) is 11.5. The third kappa shape index (κ3) is 4.69. The lowest BCUT2D eigenvalue weighted by atomic mass is 10.1. The maximum Gasteiger partial charge on any atom is 0.336 e. The van der Waals surface area contributed by atoms with Gasteiger partial charge >= 0.3 is 5.97 Å². The van der Waals surface area contributed by atoms with Gasteiger partial charge in [0.1, 0.15) is 16.8 Å². The lowest BCUT2D eigenvalue weighted by molar-refractivity contribution is -0.128. The number of fused-ring (bicyclic) bond motifs is 1. The van der Waals surface area contributed by atoms with E-state index in [1.165, 1.54) is 17.4 Å². The number of hydrogen-bond acceptors (Lipinski definition) is 5. The Morgan fingerprint density at radius 1 is 0.933 bits per heavy atom. The number of ether oxygens (including phenoxy) is 1. The van der Waals surface area contributed by atoms with E-state index < -0.39 is 5.97 Å². The molecule has 0 atom stereocenters. The summed E-state index contributed by atoms with van der Waals surface area (Å²) in [6.45, 7) is 0. The highest BCUT2D eigenvalue weighted by atomic mass is 32.1. The van der Waals surface area contributed by atoms with Crippen LogP contribution in [0, 0.1) is 11.3 Å². The average molecular weight is 408 g/mol. The molecule has 4 rings (SSSR count). The van der Waals surface area contributed by atoms with E-state index in [0.29, 0.717) is 16.3 Å². The number of hydrogen-bond donors (Lipinski definition) is 0. The summed E-state index contributed by atoms with van der Waals surface area (Å²) in [5, 5.41) is 10.2. The lowest BCUT2D eigenvalue weighted by Crippen LogP contribution is -2.03. The van der Waals surface area contributed by atoms with Crippen molar-refractivity contribution >= 4 is 45.2 Å². The Bertz CT molecular complexity index is 1250. The highest BCUT2D eigenvalue weighted by molar-refractivity contribution is 7.19. The smallest absolute Gasteiger partial charge is 0.336 e. The molecule has 0 aliphatic heterocycles. The van der Waals surface area contributed by atoms with Gasteiger partial charge in [0.15, 0.2) is 0 Å². The molecule has 0 fully saturated rings. The minimum absolute atomic E-state index is 0.438. The molecule has 0 spiro atoms. The van der Waals surface area contributed by atoms with Crippen molar-refractivity contribution in [1.82, 2.24) is 4.98 Å². The van der Waals surface area contributed by atoms with Crippen LogP contribution in [0.2, 0.25) is 0 Å². The summed E-state index contributed by atoms with van der Waals surface area (Å²) in [5.41, 5.74) is 3.12. The van der Waals surface area contributed by atoms with Crippen molar-refractivity contribution in [3.8, 4) is 11.8 Å². The van der Waals surface area contributed by atoms with Crippen molar-refractivity contribution in [2.45, 2.75) is 0 Å². The number of nitriles is 1. The number of aromatic nitrogens is 1. The maximum atomic E-state index is 12.0. The minimum Gasteiger partial charge on any atom is -0.423 e. The molecule has 0 radical (unpaired) electrons. The standard InChI is InChI=1S/C25H16N2O2S/c26-17-20(25-27-22-8-4-5-9-23(22)30-25)16-19-10-13-21(14-11-19)29-24(28)15-12-18-6-2-1-3-7-18/h1-16H/b15-12+,20-16+. The Morgan fingerprint density at radius 3 is 2.40 bits per heavy atom. The van der Waals surface area contributed by atoms with Crippen LogP contribution in [-0.2, 0) is 4.79 Å². The van der Waals surface area contributed by atoms with E-state index in [2.05, 4.69) is 11.1 Å². The van der Waals surface area contributed by atoms with Gasteiger partial charge in [-0.25, -0.2) is 9.78 Å². The molecule has 1 heterocycles. The van der Waals surface area contributed by atoms with E-state index in [1.807, 2.05) is 54.6 Å². The molecule has 5 heteroatoms. The number of allylic oxidation sites excluding steroid dienone is 1. The summed E-state index contributed by atoms with van der Waals surface area (Å²) < 4.78 is 6.37. The molecular weight excluding hydrogens is 392 g/mol. The van der Waals surface area contributed by atoms with Gasteiger partial charge < -0.3 is 4.74 Å². The van der Waals surface area contributed by atoms with Crippen LogP contribution in [0.4, 0.5) is 0 Å². The summed E-state index contributed by atoms with van der Waals surface area (Å²) in [6.07, 6.45) is 4.87. The molecule has 0 saturated heterocycles. The van der Waals surface area contributed by atoms with Gasteiger partial charge in [0.05, 0.1) is 15.8 Å². The van der Waals surface area contributed by atoms with Crippen LogP contribution in [-0.4, -0.2) is 11.0 Å². The van der Waals surface area contributed by atoms with Crippen LogP contribution in [0.25, 0.3) is 27.9 Å². The van der Waals surface area contributed by atoms with Gasteiger partial charge in [0.2, 0.25) is 0 Å². The molecule has 0 N–H and O–H groups in total. The molecule has 4 aromatic rings. The molecule has 4 nitrogen and oxygen atoms in total. The van der Waals surface area contributed by atoms with Crippen molar-refractivity contribution in [3.05, 3.63) is 101 Å². The molecule has 0 unspecified atom stereocenters. The molecule has 30 heavy (non-hydrogen) atoms. The highest BCUT2D eigenvalue weighted by Crippen LogP contribution is 2.28. The number of benzene rings is 3. The first-order valence-electron chi connectivity index (χ1n) is 9.24. The number of carbonyl (C=O) groups is 1. The topological polar surface area (TPSA) is 63.0 Å². The Balaban J connectivity index is 1.46. The van der Waals surface area contributed by atoms with Crippen LogP contribution in [0.3, 0.4) is 0 Å². The molecule has 0 bridgehead atoms. The fourth-order valence-electron chi connectivity index (χ4n) is 2.81. The number of rotatable bonds is 5. The van der Waals surface area contributed by atoms with Gasteiger partial charge in [-0.1, -0.05) is 54.6 Å². The van der Waals surface area contributed by atoms with Gasteiger partial charge in [-0.05, 0) is 47.5 Å². The van der Waals surface area contributed by atoms with E-state index >= 15 is 0 Å². The summed E-state index contributed by atoms with van der Waals surface area (Å²) >= 11 is 1.49. The van der Waals surface area contributed by atoms with Gasteiger partial charge in [0.25, 0.3) is 0 Å². The number of carbonyl (C=O) groups excluding carboxylic acids is 1. The summed E-state index contributed by atoms with van der Waals surface area (Å²) in [4.78, 5) is 16.5. The lowest BCUT2D eigenvalue weighted by Gasteiger charge is -2.02. The number of nitrogens with zero attached hydrogens (tertiary/aromatic N) is 2. The Kier molecular flexibility index (Phi) is 5.79. The molecule has 1 aromatic heterocycles. The zero-order valence-electron chi connectivity index (χ0n) is 15.9. The molecular formula is C25H16N2O2S. The van der Waals surface area contributed by atoms with Gasteiger partial charge in [-0.2, -0.15) is 5.26 Å². The monoisotopic (exact) mass is 408 g/mol. The molecule has 0 amide bonds. The number of para-hydroxylation sites is 1. The van der Waals surface area contributed by atoms with Gasteiger partial charge in [-0.15, -0.1) is 11.3 Å². The van der Waals surface area contributed by atoms with Crippen LogP contribution < -0.4 is 4.74 Å². The second-order valence-electron chi connectivity index (χ2n) is 6.39. The van der Waals surface area contributed by atoms with Crippen molar-refractivity contribution in [2.24, 2.45) is 0 Å². The first kappa shape index (κ1) is 19.3. The first-order valence-corrected chi connectivity index (χ1v) is 10.1. The van der Waals surface area contributed by atoms with E-state index in [-0.39, 0.29) is 0 Å². The maximum absolute atomic E-state index is 12.0. The zero-order valence-corrected chi connectivity index (χ0v) is 16.7. The Hall–Kier alpha value is -4.01. The van der Waals surface area contributed by atoms with Crippen LogP contribution >= 0.6 is 11.3 Å². The van der Waals surface area contributed by atoms with E-state index in [0.717, 1.165) is 21.3 Å². The van der Waals surface area contributed by atoms with Gasteiger partial charge in [-0.3, -0.25) is 0 Å². The van der Waals surface area contributed by atoms with Crippen LogP contribution in [0.15, 0.2) is 84.9 Å². The molecule has 144 valence electrons. The van der Waals surface area contributed by atoms with Crippen LogP contribution in [0.5, 0.6) is 5.75 Å². The predicted molar refractivity (Wildman–Crippen MR) is 121 cm³/mol. The van der Waals surface area contributed by atoms with E-state index in [4.69, 9.17) is 4.74 Å². The zero-order chi connectivity index (χ0) is 20.8. The van der Waals surface area contributed by atoms with Crippen LogP contribution in [0.1, 0.15) is 16.1 Å². The summed E-state index contributed by atoms with van der Waals surface area (Å²) in [6, 6.07) is 26.6. The van der Waals surface area contributed by atoms with E-state index in [1.54, 1.807) is 36.4 Å². The number of thiazole rings is 1. The molecule has 0 saturated carbocycles. The number of esters is 1. The van der Waals surface area contributed by atoms with Crippen molar-refractivity contribution in [1.29, 1.82) is 5.26 Å². The SMILES string of the molecule is N#C/C(=C\c1ccc(OC(=O)/C=C/c2ccccc2)cc1)c1nc2ccccc2s1.